The number of benzene rings is 2. The predicted octanol–water partition coefficient (Wildman–Crippen LogP) is 5.36. The summed E-state index contributed by atoms with van der Waals surface area (Å²) < 4.78 is 23.3. The highest BCUT2D eigenvalue weighted by Gasteiger charge is 2.30. The second-order valence-electron chi connectivity index (χ2n) is 10.7. The molecule has 214 valence electrons. The van der Waals surface area contributed by atoms with Gasteiger partial charge in [0.05, 0.1) is 29.5 Å². The highest BCUT2D eigenvalue weighted by atomic mass is 19.1. The van der Waals surface area contributed by atoms with Crippen LogP contribution in [0.3, 0.4) is 0 Å². The third kappa shape index (κ3) is 5.43. The number of imidazole rings is 1. The van der Waals surface area contributed by atoms with Crippen LogP contribution in [0.2, 0.25) is 0 Å². The van der Waals surface area contributed by atoms with E-state index in [0.717, 1.165) is 46.0 Å². The second-order valence-corrected chi connectivity index (χ2v) is 10.7. The fourth-order valence-corrected chi connectivity index (χ4v) is 5.86. The lowest BCUT2D eigenvalue weighted by Gasteiger charge is -2.35. The van der Waals surface area contributed by atoms with Crippen LogP contribution in [0.5, 0.6) is 5.88 Å². The maximum Gasteiger partial charge on any atom is 0.234 e. The first-order valence-electron chi connectivity index (χ1n) is 14.4. The molecule has 0 amide bonds. The van der Waals surface area contributed by atoms with Gasteiger partial charge in [-0.3, -0.25) is 4.90 Å². The molecule has 0 saturated carbocycles. The van der Waals surface area contributed by atoms with Gasteiger partial charge in [-0.25, -0.2) is 24.3 Å². The zero-order valence-corrected chi connectivity index (χ0v) is 23.4. The number of rotatable bonds is 6. The van der Waals surface area contributed by atoms with Crippen molar-refractivity contribution in [2.45, 2.75) is 31.7 Å². The number of pyridine rings is 1. The van der Waals surface area contributed by atoms with E-state index in [1.165, 1.54) is 6.20 Å². The van der Waals surface area contributed by atoms with Crippen LogP contribution in [0.1, 0.15) is 17.8 Å². The van der Waals surface area contributed by atoms with Crippen molar-refractivity contribution in [3.8, 4) is 45.9 Å². The van der Waals surface area contributed by atoms with Crippen molar-refractivity contribution in [1.82, 2.24) is 29.4 Å². The zero-order valence-electron chi connectivity index (χ0n) is 23.4. The molecule has 2 aromatic carbocycles. The summed E-state index contributed by atoms with van der Waals surface area (Å²) in [6.45, 7) is 2.88. The van der Waals surface area contributed by atoms with E-state index in [0.29, 0.717) is 44.4 Å². The number of halogens is 1. The van der Waals surface area contributed by atoms with E-state index in [2.05, 4.69) is 66.1 Å². The molecule has 0 spiro atoms. The van der Waals surface area contributed by atoms with E-state index in [-0.39, 0.29) is 11.9 Å². The molecule has 1 N–H and O–H groups in total. The van der Waals surface area contributed by atoms with Crippen molar-refractivity contribution in [2.75, 3.05) is 25.0 Å². The van der Waals surface area contributed by atoms with Crippen molar-refractivity contribution < 1.29 is 9.13 Å². The minimum atomic E-state index is -1.07. The van der Waals surface area contributed by atoms with Crippen molar-refractivity contribution in [1.29, 1.82) is 5.26 Å². The average Bonchev–Trinajstić information content (AvgIpc) is 3.33. The van der Waals surface area contributed by atoms with Gasteiger partial charge in [0.1, 0.15) is 30.5 Å². The number of likely N-dealkylation sites (tertiary alicyclic amines) is 1. The number of aromatic nitrogens is 5. The number of nitrogens with one attached hydrogen (secondary N) is 1. The number of nitriles is 1. The smallest absolute Gasteiger partial charge is 0.234 e. The van der Waals surface area contributed by atoms with Gasteiger partial charge in [-0.15, -0.1) is 0 Å². The molecular weight excluding hydrogens is 543 g/mol. The monoisotopic (exact) mass is 572 g/mol. The van der Waals surface area contributed by atoms with Crippen LogP contribution in [0.15, 0.2) is 85.2 Å². The normalized spacial score (nSPS) is 18.0. The van der Waals surface area contributed by atoms with Gasteiger partial charge in [-0.1, -0.05) is 54.6 Å². The summed E-state index contributed by atoms with van der Waals surface area (Å²) in [5.41, 5.74) is 6.05. The summed E-state index contributed by atoms with van der Waals surface area (Å²) in [7, 11) is 0. The molecule has 2 aliphatic rings. The molecule has 0 aliphatic carbocycles. The summed E-state index contributed by atoms with van der Waals surface area (Å²) in [5, 5.41) is 12.2. The number of alkyl halides is 1. The molecule has 43 heavy (non-hydrogen) atoms. The fourth-order valence-electron chi connectivity index (χ4n) is 5.86. The van der Waals surface area contributed by atoms with Gasteiger partial charge in [0, 0.05) is 43.2 Å². The first kappa shape index (κ1) is 26.7. The van der Waals surface area contributed by atoms with Crippen LogP contribution in [-0.2, 0) is 13.1 Å². The van der Waals surface area contributed by atoms with Crippen molar-refractivity contribution >= 4 is 5.82 Å². The molecule has 2 aliphatic heterocycles. The molecule has 10 heteroatoms. The van der Waals surface area contributed by atoms with Crippen LogP contribution >= 0.6 is 0 Å². The molecule has 5 aromatic rings. The number of ether oxygens (including phenoxy) is 1. The number of piperidine rings is 1. The maximum atomic E-state index is 15.2. The van der Waals surface area contributed by atoms with Gasteiger partial charge in [0.15, 0.2) is 0 Å². The lowest BCUT2D eigenvalue weighted by Crippen LogP contribution is -2.47. The summed E-state index contributed by atoms with van der Waals surface area (Å²) in [6, 6.07) is 25.9. The molecule has 5 heterocycles. The van der Waals surface area contributed by atoms with Gasteiger partial charge in [-0.05, 0) is 30.2 Å². The highest BCUT2D eigenvalue weighted by Crippen LogP contribution is 2.39. The Morgan fingerprint density at radius 2 is 1.79 bits per heavy atom. The molecule has 0 radical (unpaired) electrons. The Morgan fingerprint density at radius 1 is 0.930 bits per heavy atom. The lowest BCUT2D eigenvalue weighted by atomic mass is 10.0. The predicted molar refractivity (Wildman–Crippen MR) is 161 cm³/mol. The molecule has 2 atom stereocenters. The van der Waals surface area contributed by atoms with Gasteiger partial charge in [-0.2, -0.15) is 5.26 Å². The first-order chi connectivity index (χ1) is 21.2. The largest absolute Gasteiger partial charge is 0.475 e. The highest BCUT2D eigenvalue weighted by molar-refractivity contribution is 5.83. The molecule has 1 fully saturated rings. The summed E-state index contributed by atoms with van der Waals surface area (Å²) >= 11 is 0. The van der Waals surface area contributed by atoms with Gasteiger partial charge >= 0.3 is 0 Å². The second kappa shape index (κ2) is 11.6. The Kier molecular flexibility index (Phi) is 7.23. The SMILES string of the molecule is N#Cc1nccc(NC2CCN(Cc3ccc(-c4nc5n(c4-c4ccccc4)CCOc4ncccc4-5)cc3)C[C@@H]2F)n1. The molecule has 0 bridgehead atoms. The fraction of sp³-hybridized carbons (Fsp3) is 0.242. The van der Waals surface area contributed by atoms with E-state index in [1.54, 1.807) is 12.3 Å². The molecule has 1 saturated heterocycles. The zero-order chi connectivity index (χ0) is 29.2. The number of fused-ring (bicyclic) bond motifs is 3. The number of hydrogen-bond donors (Lipinski definition) is 1. The van der Waals surface area contributed by atoms with E-state index in [1.807, 2.05) is 36.4 Å². The molecule has 3 aromatic heterocycles. The third-order valence-corrected chi connectivity index (χ3v) is 7.93. The standard InChI is InChI=1S/C33H29FN8O/c34-26-21-41(16-13-27(26)38-28-12-15-36-29(19-35)39-28)20-22-8-10-23(11-9-22)30-31(24-5-2-1-3-6-24)42-17-18-43-33-25(32(42)40-30)7-4-14-37-33/h1-12,14-15,26-27H,13,16-18,20-21H2,(H,36,38,39)/t26-,27?/m0/s1. The van der Waals surface area contributed by atoms with Crippen LogP contribution in [0, 0.1) is 11.3 Å². The van der Waals surface area contributed by atoms with E-state index >= 15 is 4.39 Å². The quantitative estimate of drug-likeness (QED) is 0.290. The minimum Gasteiger partial charge on any atom is -0.475 e. The summed E-state index contributed by atoms with van der Waals surface area (Å²) in [5.74, 6) is 1.98. The first-order valence-corrected chi connectivity index (χ1v) is 14.4. The Bertz CT molecular complexity index is 1780. The van der Waals surface area contributed by atoms with Crippen molar-refractivity contribution in [3.05, 3.63) is 96.6 Å². The number of anilines is 1. The average molecular weight is 573 g/mol. The Balaban J connectivity index is 1.11. The topological polar surface area (TPSA) is 105 Å². The number of nitrogens with zero attached hydrogens (tertiary/aromatic N) is 7. The summed E-state index contributed by atoms with van der Waals surface area (Å²) in [6.07, 6.45) is 2.81. The maximum absolute atomic E-state index is 15.2. The van der Waals surface area contributed by atoms with Gasteiger partial charge < -0.3 is 14.6 Å². The van der Waals surface area contributed by atoms with Crippen molar-refractivity contribution in [3.63, 3.8) is 0 Å². The molecule has 9 nitrogen and oxygen atoms in total. The third-order valence-electron chi connectivity index (χ3n) is 7.93. The van der Waals surface area contributed by atoms with Crippen LogP contribution in [0.4, 0.5) is 10.2 Å². The van der Waals surface area contributed by atoms with Crippen LogP contribution in [-0.4, -0.2) is 61.3 Å². The van der Waals surface area contributed by atoms with E-state index in [4.69, 9.17) is 15.0 Å². The van der Waals surface area contributed by atoms with Crippen LogP contribution in [0.25, 0.3) is 33.9 Å². The van der Waals surface area contributed by atoms with Gasteiger partial charge in [0.2, 0.25) is 11.7 Å². The summed E-state index contributed by atoms with van der Waals surface area (Å²) in [4.78, 5) is 19.7. The Labute approximate surface area is 248 Å². The Morgan fingerprint density at radius 3 is 2.60 bits per heavy atom. The minimum absolute atomic E-state index is 0.0687. The number of hydrogen-bond acceptors (Lipinski definition) is 8. The Hall–Kier alpha value is -5.14. The van der Waals surface area contributed by atoms with Crippen LogP contribution < -0.4 is 10.1 Å². The molecular formula is C33H29FN8O. The van der Waals surface area contributed by atoms with E-state index in [9.17, 15) is 0 Å². The molecule has 7 rings (SSSR count). The van der Waals surface area contributed by atoms with E-state index < -0.39 is 6.17 Å². The van der Waals surface area contributed by atoms with Crippen molar-refractivity contribution in [2.24, 2.45) is 0 Å². The van der Waals surface area contributed by atoms with Gasteiger partial charge in [0.25, 0.3) is 0 Å². The lowest BCUT2D eigenvalue weighted by molar-refractivity contribution is 0.121. The molecule has 1 unspecified atom stereocenters.